The molecule has 2 N–H and O–H groups in total. The third-order valence-electron chi connectivity index (χ3n) is 4.45. The molecule has 27 heavy (non-hydrogen) atoms. The molecule has 154 valence electrons. The van der Waals surface area contributed by atoms with Crippen molar-refractivity contribution in [1.29, 1.82) is 0 Å². The van der Waals surface area contributed by atoms with Gasteiger partial charge in [-0.2, -0.15) is 0 Å². The van der Waals surface area contributed by atoms with Gasteiger partial charge in [0.15, 0.2) is 0 Å². The van der Waals surface area contributed by atoms with Gasteiger partial charge in [-0.05, 0) is 51.2 Å². The van der Waals surface area contributed by atoms with Gasteiger partial charge in [0.2, 0.25) is 0 Å². The molecule has 0 bridgehead atoms. The number of hydrogen-bond donors (Lipinski definition) is 2. The molecule has 5 nitrogen and oxygen atoms in total. The van der Waals surface area contributed by atoms with E-state index in [1.54, 1.807) is 19.1 Å². The highest BCUT2D eigenvalue weighted by Gasteiger charge is 2.27. The molecular weight excluding hydrogens is 344 g/mol. The van der Waals surface area contributed by atoms with Crippen molar-refractivity contribution in [2.45, 2.75) is 52.9 Å². The molecule has 0 heterocycles. The summed E-state index contributed by atoms with van der Waals surface area (Å²) in [7, 11) is 0. The zero-order valence-corrected chi connectivity index (χ0v) is 17.1. The fourth-order valence-electron chi connectivity index (χ4n) is 2.71. The van der Waals surface area contributed by atoms with Gasteiger partial charge in [-0.1, -0.05) is 38.7 Å². The summed E-state index contributed by atoms with van der Waals surface area (Å²) in [6, 6.07) is 0. The average Bonchev–Trinajstić information content (AvgIpc) is 2.66. The molecule has 0 aliphatic carbocycles. The topological polar surface area (TPSA) is 76.0 Å². The van der Waals surface area contributed by atoms with Crippen molar-refractivity contribution in [2.24, 2.45) is 5.41 Å². The lowest BCUT2D eigenvalue weighted by atomic mass is 9.82. The second kappa shape index (κ2) is 14.2. The standard InChI is InChI=1S/C22H36O5/c1-6-10-20(26-15-13-22(16-23,17-24)12-7-2)19(8-3)11-9-14-27-21(25)18(4)5/h6,8,10,23-24H,1,4,7,9,11-17H2,2-3,5H3/b19-8-,20-10+. The van der Waals surface area contributed by atoms with Gasteiger partial charge < -0.3 is 19.7 Å². The van der Waals surface area contributed by atoms with Crippen LogP contribution in [-0.2, 0) is 14.3 Å². The quantitative estimate of drug-likeness (QED) is 0.147. The van der Waals surface area contributed by atoms with E-state index >= 15 is 0 Å². The molecule has 0 aliphatic rings. The van der Waals surface area contributed by atoms with E-state index in [-0.39, 0.29) is 19.2 Å². The minimum Gasteiger partial charge on any atom is -0.493 e. The van der Waals surface area contributed by atoms with E-state index in [0.29, 0.717) is 43.8 Å². The normalized spacial score (nSPS) is 12.6. The van der Waals surface area contributed by atoms with Crippen LogP contribution in [0.15, 0.2) is 48.3 Å². The van der Waals surface area contributed by atoms with Crippen LogP contribution < -0.4 is 0 Å². The number of carbonyl (C=O) groups is 1. The van der Waals surface area contributed by atoms with Crippen molar-refractivity contribution in [3.63, 3.8) is 0 Å². The molecule has 0 saturated carbocycles. The Hall–Kier alpha value is -1.85. The molecule has 5 heteroatoms. The molecule has 0 fully saturated rings. The van der Waals surface area contributed by atoms with Crippen LogP contribution in [0.2, 0.25) is 0 Å². The highest BCUT2D eigenvalue weighted by Crippen LogP contribution is 2.28. The lowest BCUT2D eigenvalue weighted by molar-refractivity contribution is -0.139. The predicted octanol–water partition coefficient (Wildman–Crippen LogP) is 4.08. The Morgan fingerprint density at radius 3 is 2.30 bits per heavy atom. The van der Waals surface area contributed by atoms with Crippen LogP contribution >= 0.6 is 0 Å². The number of aliphatic hydroxyl groups is 2. The minimum absolute atomic E-state index is 0.0637. The summed E-state index contributed by atoms with van der Waals surface area (Å²) in [4.78, 5) is 11.4. The highest BCUT2D eigenvalue weighted by molar-refractivity contribution is 5.86. The molecule has 0 aromatic heterocycles. The van der Waals surface area contributed by atoms with Gasteiger partial charge >= 0.3 is 5.97 Å². The summed E-state index contributed by atoms with van der Waals surface area (Å²) in [5, 5.41) is 19.3. The summed E-state index contributed by atoms with van der Waals surface area (Å²) < 4.78 is 11.1. The van der Waals surface area contributed by atoms with Crippen LogP contribution in [0.3, 0.4) is 0 Å². The van der Waals surface area contributed by atoms with Crippen LogP contribution in [0.4, 0.5) is 0 Å². The second-order valence-corrected chi connectivity index (χ2v) is 6.77. The maximum Gasteiger partial charge on any atom is 0.333 e. The smallest absolute Gasteiger partial charge is 0.333 e. The van der Waals surface area contributed by atoms with E-state index in [2.05, 4.69) is 13.2 Å². The van der Waals surface area contributed by atoms with Gasteiger partial charge in [-0.25, -0.2) is 4.79 Å². The third-order valence-corrected chi connectivity index (χ3v) is 4.45. The third kappa shape index (κ3) is 9.59. The molecule has 0 amide bonds. The number of hydrogen-bond acceptors (Lipinski definition) is 5. The molecule has 0 aromatic carbocycles. The largest absolute Gasteiger partial charge is 0.493 e. The van der Waals surface area contributed by atoms with Crippen LogP contribution in [0.5, 0.6) is 0 Å². The lowest BCUT2D eigenvalue weighted by Crippen LogP contribution is -2.31. The number of aliphatic hydroxyl groups excluding tert-OH is 2. The summed E-state index contributed by atoms with van der Waals surface area (Å²) >= 11 is 0. The minimum atomic E-state index is -0.513. The highest BCUT2D eigenvalue weighted by atomic mass is 16.5. The van der Waals surface area contributed by atoms with Crippen LogP contribution in [-0.4, -0.2) is 42.6 Å². The Kier molecular flexibility index (Phi) is 13.3. The monoisotopic (exact) mass is 380 g/mol. The molecule has 0 aliphatic heterocycles. The fraction of sp³-hybridized carbons (Fsp3) is 0.591. The molecule has 0 rings (SSSR count). The van der Waals surface area contributed by atoms with Crippen molar-refractivity contribution in [1.82, 2.24) is 0 Å². The van der Waals surface area contributed by atoms with Crippen molar-refractivity contribution in [3.8, 4) is 0 Å². The lowest BCUT2D eigenvalue weighted by Gasteiger charge is -2.29. The number of rotatable bonds is 15. The van der Waals surface area contributed by atoms with E-state index in [4.69, 9.17) is 9.47 Å². The molecular formula is C22H36O5. The zero-order chi connectivity index (χ0) is 20.7. The molecule has 0 unspecified atom stereocenters. The first kappa shape index (κ1) is 25.1. The van der Waals surface area contributed by atoms with E-state index in [9.17, 15) is 15.0 Å². The van der Waals surface area contributed by atoms with E-state index < -0.39 is 5.41 Å². The number of esters is 1. The van der Waals surface area contributed by atoms with Gasteiger partial charge in [0.1, 0.15) is 5.76 Å². The molecule has 0 aromatic rings. The Morgan fingerprint density at radius 2 is 1.81 bits per heavy atom. The number of carbonyl (C=O) groups excluding carboxylic acids is 1. The summed E-state index contributed by atoms with van der Waals surface area (Å²) in [5.41, 5.74) is 0.872. The summed E-state index contributed by atoms with van der Waals surface area (Å²) in [5.74, 6) is 0.329. The number of ether oxygens (including phenoxy) is 2. The van der Waals surface area contributed by atoms with E-state index in [1.165, 1.54) is 0 Å². The van der Waals surface area contributed by atoms with Gasteiger partial charge in [0.05, 0.1) is 26.4 Å². The molecule has 0 radical (unpaired) electrons. The Morgan fingerprint density at radius 1 is 1.15 bits per heavy atom. The Balaban J connectivity index is 4.70. The summed E-state index contributed by atoms with van der Waals surface area (Å²) in [6.07, 6.45) is 8.99. The van der Waals surface area contributed by atoms with Crippen molar-refractivity contribution < 1.29 is 24.5 Å². The van der Waals surface area contributed by atoms with Gasteiger partial charge in [0, 0.05) is 11.0 Å². The van der Waals surface area contributed by atoms with Gasteiger partial charge in [0.25, 0.3) is 0 Å². The van der Waals surface area contributed by atoms with Gasteiger partial charge in [-0.3, -0.25) is 0 Å². The zero-order valence-electron chi connectivity index (χ0n) is 17.1. The van der Waals surface area contributed by atoms with Crippen LogP contribution in [0.25, 0.3) is 0 Å². The number of allylic oxidation sites excluding steroid dienone is 4. The molecule has 0 saturated heterocycles. The predicted molar refractivity (Wildman–Crippen MR) is 109 cm³/mol. The molecule has 0 spiro atoms. The van der Waals surface area contributed by atoms with E-state index in [0.717, 1.165) is 18.4 Å². The van der Waals surface area contributed by atoms with Crippen LogP contribution in [0, 0.1) is 5.41 Å². The first-order valence-corrected chi connectivity index (χ1v) is 9.55. The first-order valence-electron chi connectivity index (χ1n) is 9.55. The van der Waals surface area contributed by atoms with Crippen molar-refractivity contribution in [3.05, 3.63) is 48.3 Å². The van der Waals surface area contributed by atoms with E-state index in [1.807, 2.05) is 19.9 Å². The average molecular weight is 381 g/mol. The maximum atomic E-state index is 11.4. The SMILES string of the molecule is C=C/C=C(OCCC(CO)(CO)CCC)\C(=C/C)CCCOC(=O)C(=C)C. The maximum absolute atomic E-state index is 11.4. The van der Waals surface area contributed by atoms with Gasteiger partial charge in [-0.15, -0.1) is 0 Å². The second-order valence-electron chi connectivity index (χ2n) is 6.77. The fourth-order valence-corrected chi connectivity index (χ4v) is 2.71. The van der Waals surface area contributed by atoms with Crippen molar-refractivity contribution >= 4 is 5.97 Å². The Bertz CT molecular complexity index is 527. The molecule has 0 atom stereocenters. The summed E-state index contributed by atoms with van der Waals surface area (Å²) in [6.45, 7) is 13.5. The first-order chi connectivity index (χ1) is 12.9. The Labute approximate surface area is 164 Å². The van der Waals surface area contributed by atoms with Crippen molar-refractivity contribution in [2.75, 3.05) is 26.4 Å². The van der Waals surface area contributed by atoms with Crippen LogP contribution in [0.1, 0.15) is 52.9 Å².